The molecule has 0 bridgehead atoms. The summed E-state index contributed by atoms with van der Waals surface area (Å²) in [5.74, 6) is -1.44. The van der Waals surface area contributed by atoms with Gasteiger partial charge in [-0.25, -0.2) is 0 Å². The summed E-state index contributed by atoms with van der Waals surface area (Å²) in [6.07, 6.45) is 13.8. The number of rotatable bonds is 22. The molecule has 14 nitrogen and oxygen atoms in total. The highest BCUT2D eigenvalue weighted by Crippen LogP contribution is 2.62. The largest absolute Gasteiger partial charge is 0.487 e. The minimum atomic E-state index is -1.53. The summed E-state index contributed by atoms with van der Waals surface area (Å²) in [5.41, 5.74) is 5.68. The fourth-order valence-electron chi connectivity index (χ4n) is 11.4. The van der Waals surface area contributed by atoms with Crippen LogP contribution in [0.3, 0.4) is 0 Å². The maximum atomic E-state index is 15.5. The van der Waals surface area contributed by atoms with E-state index in [0.29, 0.717) is 48.6 Å². The van der Waals surface area contributed by atoms with Crippen molar-refractivity contribution in [1.29, 1.82) is 0 Å². The van der Waals surface area contributed by atoms with Crippen LogP contribution in [-0.2, 0) is 32.3 Å². The normalized spacial score (nSPS) is 23.8. The Bertz CT molecular complexity index is 2820. The minimum absolute atomic E-state index is 0.00566. The molecule has 1 amide bonds. The Hall–Kier alpha value is -6.71. The molecule has 0 radical (unpaired) electrons. The van der Waals surface area contributed by atoms with Crippen LogP contribution in [-0.4, -0.2) is 81.2 Å². The van der Waals surface area contributed by atoms with Gasteiger partial charge in [0.2, 0.25) is 18.0 Å². The number of pyridine rings is 1. The molecule has 2 aliphatic carbocycles. The molecule has 0 spiro atoms. The number of amides is 1. The Balaban J connectivity index is 1.25. The number of ether oxygens (including phenoxy) is 4. The number of carbonyl (C=O) groups is 1. The van der Waals surface area contributed by atoms with E-state index in [1.807, 2.05) is 66.4 Å². The molecule has 1 saturated heterocycles. The molecule has 1 unspecified atom stereocenters. The fraction of sp³-hybridized carbons (Fsp3) is 0.407. The van der Waals surface area contributed by atoms with Gasteiger partial charge in [0.25, 0.3) is 5.69 Å². The van der Waals surface area contributed by atoms with Crippen LogP contribution < -0.4 is 9.47 Å². The molecular weight excluding hydrogens is 925 g/mol. The van der Waals surface area contributed by atoms with Crippen LogP contribution in [0.5, 0.6) is 11.5 Å². The van der Waals surface area contributed by atoms with Gasteiger partial charge in [-0.15, -0.1) is 6.58 Å². The number of hydrogen-bond donors (Lipinski definition) is 2. The summed E-state index contributed by atoms with van der Waals surface area (Å²) >= 11 is 0. The van der Waals surface area contributed by atoms with Crippen molar-refractivity contribution < 1.29 is 43.7 Å². The molecule has 7 atom stereocenters. The Morgan fingerprint density at radius 3 is 2.53 bits per heavy atom. The number of nitro benzene ring substituents is 1. The average molecular weight is 991 g/mol. The van der Waals surface area contributed by atoms with Crippen LogP contribution in [0, 0.1) is 34.8 Å². The zero-order chi connectivity index (χ0) is 50.7. The fourth-order valence-corrected chi connectivity index (χ4v) is 11.4. The zero-order valence-corrected chi connectivity index (χ0v) is 41.6. The molecule has 5 aromatic rings. The van der Waals surface area contributed by atoms with Gasteiger partial charge in [0.15, 0.2) is 0 Å². The van der Waals surface area contributed by atoms with Gasteiger partial charge in [-0.05, 0) is 133 Å². The van der Waals surface area contributed by atoms with Crippen molar-refractivity contribution in [2.24, 2.45) is 22.9 Å². The number of hydrogen-bond acceptors (Lipinski definition) is 12. The quantitative estimate of drug-likeness (QED) is 0.0222. The number of non-ortho nitro benzene ring substituents is 1. The summed E-state index contributed by atoms with van der Waals surface area (Å²) in [5, 5.41) is 38.8. The molecule has 382 valence electrons. The smallest absolute Gasteiger partial charge is 0.269 e. The maximum Gasteiger partial charge on any atom is 0.269 e. The second-order valence-corrected chi connectivity index (χ2v) is 19.5. The van der Waals surface area contributed by atoms with Crippen molar-refractivity contribution in [2.45, 2.75) is 108 Å². The predicted octanol–water partition coefficient (Wildman–Crippen LogP) is 10.9. The van der Waals surface area contributed by atoms with Gasteiger partial charge in [-0.3, -0.25) is 19.9 Å². The third-order valence-electron chi connectivity index (χ3n) is 14.8. The van der Waals surface area contributed by atoms with E-state index in [0.717, 1.165) is 77.4 Å². The van der Waals surface area contributed by atoms with Gasteiger partial charge >= 0.3 is 0 Å². The van der Waals surface area contributed by atoms with E-state index in [2.05, 4.69) is 41.9 Å². The van der Waals surface area contributed by atoms with Crippen LogP contribution in [0.4, 0.5) is 5.69 Å². The Morgan fingerprint density at radius 1 is 0.973 bits per heavy atom. The van der Waals surface area contributed by atoms with Gasteiger partial charge in [0.1, 0.15) is 24.1 Å². The zero-order valence-electron chi connectivity index (χ0n) is 41.6. The minimum Gasteiger partial charge on any atom is -0.487 e. The first-order valence-electron chi connectivity index (χ1n) is 25.8. The third-order valence-corrected chi connectivity index (χ3v) is 14.8. The standard InChI is InChI=1S/C59H66N4O10/c1-3-33-71-59-54(62(38-44-18-13-17-42-15-4-5-20-48(42)44)55(66)30-25-41-23-26-46(27-24-41)63(67)68)37-52(61-73-56-22-8-11-34-69-56)50-35-43(16-6-9-31-64)49(21-7-10-32-65)57(58(50)59)51-36-47(28-29-53(51)72-59)70-39-45-19-12-14-40(2)60-45/h3-5,12-15,17-20,23-30,35-36,43,49,54,56-58,64-65H,1,6-11,16,21-22,31-34,37-39H2,2H3/t43-,49+,54-,56?,57+,58+,59+/m0/s1. The van der Waals surface area contributed by atoms with Gasteiger partial charge in [0.05, 0.1) is 35.5 Å². The van der Waals surface area contributed by atoms with E-state index in [9.17, 15) is 20.3 Å². The number of benzene rings is 4. The highest BCUT2D eigenvalue weighted by atomic mass is 16.8. The molecule has 2 aliphatic heterocycles. The second-order valence-electron chi connectivity index (χ2n) is 19.5. The third kappa shape index (κ3) is 11.6. The first kappa shape index (κ1) is 51.2. The topological polar surface area (TPSA) is 175 Å². The number of unbranched alkanes of at least 4 members (excludes halogenated alkanes) is 2. The van der Waals surface area contributed by atoms with Gasteiger partial charge < -0.3 is 38.9 Å². The van der Waals surface area contributed by atoms with Crippen LogP contribution in [0.15, 0.2) is 139 Å². The molecule has 73 heavy (non-hydrogen) atoms. The number of carbonyl (C=O) groups excluding carboxylic acids is 1. The number of aromatic nitrogens is 1. The highest BCUT2D eigenvalue weighted by molar-refractivity contribution is 6.03. The number of nitrogens with zero attached hydrogens (tertiary/aromatic N) is 4. The number of aliphatic hydroxyl groups is 2. The van der Waals surface area contributed by atoms with Crippen molar-refractivity contribution >= 4 is 34.2 Å². The lowest BCUT2D eigenvalue weighted by atomic mass is 9.55. The Morgan fingerprint density at radius 2 is 1.77 bits per heavy atom. The molecule has 2 fully saturated rings. The van der Waals surface area contributed by atoms with Gasteiger partial charge in [-0.1, -0.05) is 78.7 Å². The van der Waals surface area contributed by atoms with E-state index < -0.39 is 29.0 Å². The molecule has 14 heteroatoms. The molecular formula is C59H66N4O10. The van der Waals surface area contributed by atoms with Crippen LogP contribution >= 0.6 is 0 Å². The second kappa shape index (κ2) is 23.9. The summed E-state index contributed by atoms with van der Waals surface area (Å²) < 4.78 is 27.4. The highest BCUT2D eigenvalue weighted by Gasteiger charge is 2.65. The average Bonchev–Trinajstić information content (AvgIpc) is 3.41. The number of oxime groups is 1. The summed E-state index contributed by atoms with van der Waals surface area (Å²) in [4.78, 5) is 39.6. The summed E-state index contributed by atoms with van der Waals surface area (Å²) in [6, 6.07) is 31.2. The molecule has 9 rings (SSSR count). The molecule has 2 N–H and O–H groups in total. The molecule has 4 aliphatic rings. The maximum absolute atomic E-state index is 15.5. The first-order chi connectivity index (χ1) is 35.7. The Kier molecular flexibility index (Phi) is 16.8. The van der Waals surface area contributed by atoms with Gasteiger partial charge in [-0.2, -0.15) is 0 Å². The lowest BCUT2D eigenvalue weighted by Crippen LogP contribution is -2.70. The lowest BCUT2D eigenvalue weighted by Gasteiger charge is -2.60. The molecule has 1 aromatic heterocycles. The number of nitro groups is 1. The van der Waals surface area contributed by atoms with E-state index in [-0.39, 0.29) is 68.7 Å². The molecule has 1 saturated carbocycles. The lowest BCUT2D eigenvalue weighted by molar-refractivity contribution is -0.384. The predicted molar refractivity (Wildman–Crippen MR) is 280 cm³/mol. The number of aliphatic hydroxyl groups excluding tert-OH is 2. The van der Waals surface area contributed by atoms with Crippen molar-refractivity contribution in [2.75, 3.05) is 26.4 Å². The number of aryl methyl sites for hydroxylation is 1. The Labute approximate surface area is 427 Å². The number of fused-ring (bicyclic) bond motifs is 3. The SMILES string of the molecule is C=CCO[C@@]12Oc3ccc(OCc4cccc(C)n4)cc3[C@H]3[C@H](CCCCO)[C@@H](CCCCO)C=C(C(=NOC4CCCCO4)C[C@@H]1N(Cc1cccc4ccccc14)C(=O)C=Cc1ccc([N+](=O)[O-])cc1)[C@H]32. The molecule has 4 aromatic carbocycles. The van der Waals surface area contributed by atoms with E-state index >= 15 is 4.79 Å². The van der Waals surface area contributed by atoms with Crippen LogP contribution in [0.25, 0.3) is 16.8 Å². The van der Waals surface area contributed by atoms with Crippen molar-refractivity contribution in [1.82, 2.24) is 9.88 Å². The van der Waals surface area contributed by atoms with E-state index in [1.165, 1.54) is 18.2 Å². The van der Waals surface area contributed by atoms with Crippen LogP contribution in [0.1, 0.15) is 98.2 Å². The molecule has 3 heterocycles. The summed E-state index contributed by atoms with van der Waals surface area (Å²) in [6.45, 7) is 7.28. The van der Waals surface area contributed by atoms with Crippen molar-refractivity contribution in [3.8, 4) is 11.5 Å². The van der Waals surface area contributed by atoms with Gasteiger partial charge in [0, 0.05) is 68.0 Å². The monoisotopic (exact) mass is 990 g/mol. The summed E-state index contributed by atoms with van der Waals surface area (Å²) in [7, 11) is 0. The van der Waals surface area contributed by atoms with E-state index in [1.54, 1.807) is 24.3 Å². The van der Waals surface area contributed by atoms with E-state index in [4.69, 9.17) is 28.9 Å². The number of allylic oxidation sites excluding steroid dienone is 1. The first-order valence-corrected chi connectivity index (χ1v) is 25.8. The van der Waals surface area contributed by atoms with Crippen LogP contribution in [0.2, 0.25) is 0 Å². The van der Waals surface area contributed by atoms with Crippen molar-refractivity contribution in [3.05, 3.63) is 172 Å². The van der Waals surface area contributed by atoms with Crippen molar-refractivity contribution in [3.63, 3.8) is 0 Å².